The zero-order valence-electron chi connectivity index (χ0n) is 12.6. The van der Waals surface area contributed by atoms with Crippen LogP contribution in [0.25, 0.3) is 0 Å². The number of anilines is 1. The molecule has 24 heavy (non-hydrogen) atoms. The molecule has 4 aliphatic heterocycles. The zero-order valence-corrected chi connectivity index (χ0v) is 14.1. The smallest absolute Gasteiger partial charge is 0.241 e. The van der Waals surface area contributed by atoms with E-state index in [0.29, 0.717) is 18.9 Å². The molecule has 7 heteroatoms. The fourth-order valence-electron chi connectivity index (χ4n) is 4.20. The van der Waals surface area contributed by atoms with Crippen LogP contribution in [0.15, 0.2) is 40.9 Å². The van der Waals surface area contributed by atoms with E-state index in [0.717, 1.165) is 4.47 Å². The number of hydrogen-bond donors (Lipinski definition) is 0. The van der Waals surface area contributed by atoms with Gasteiger partial charge in [-0.15, -0.1) is 0 Å². The highest BCUT2D eigenvalue weighted by Gasteiger charge is 2.71. The van der Waals surface area contributed by atoms with Gasteiger partial charge in [0, 0.05) is 4.47 Å². The van der Waals surface area contributed by atoms with Gasteiger partial charge in [0.05, 0.1) is 36.8 Å². The Morgan fingerprint density at radius 1 is 1.17 bits per heavy atom. The van der Waals surface area contributed by atoms with Crippen molar-refractivity contribution in [2.24, 2.45) is 11.8 Å². The van der Waals surface area contributed by atoms with Crippen molar-refractivity contribution in [3.8, 4) is 0 Å². The molecule has 1 aromatic carbocycles. The number of imide groups is 1. The van der Waals surface area contributed by atoms with Gasteiger partial charge in [0.25, 0.3) is 0 Å². The summed E-state index contributed by atoms with van der Waals surface area (Å²) >= 11 is 3.38. The average molecular weight is 392 g/mol. The molecular weight excluding hydrogens is 378 g/mol. The Labute approximate surface area is 146 Å². The maximum atomic E-state index is 13.1. The molecule has 2 bridgehead atoms. The van der Waals surface area contributed by atoms with E-state index in [1.165, 1.54) is 4.90 Å². The van der Waals surface area contributed by atoms with Crippen LogP contribution in [-0.4, -0.2) is 43.0 Å². The lowest BCUT2D eigenvalue weighted by molar-refractivity contribution is -0.180. The molecule has 2 amide bonds. The fraction of sp³-hybridized carbons (Fsp3) is 0.412. The first-order valence-corrected chi connectivity index (χ1v) is 8.65. The normalized spacial score (nSPS) is 37.7. The lowest BCUT2D eigenvalue weighted by atomic mass is 9.76. The SMILES string of the molecule is O=C1[C@@H]2[C@H]3C=C[C@@](C4OCCO4)(O3)[C@H]2C(=O)N1c1cccc(Br)c1. The van der Waals surface area contributed by atoms with Crippen molar-refractivity contribution in [1.29, 1.82) is 0 Å². The van der Waals surface area contributed by atoms with Crippen LogP contribution in [0.2, 0.25) is 0 Å². The Morgan fingerprint density at radius 3 is 2.71 bits per heavy atom. The van der Waals surface area contributed by atoms with Crippen molar-refractivity contribution < 1.29 is 23.8 Å². The predicted molar refractivity (Wildman–Crippen MR) is 86.1 cm³/mol. The van der Waals surface area contributed by atoms with Crippen LogP contribution in [0.1, 0.15) is 0 Å². The summed E-state index contributed by atoms with van der Waals surface area (Å²) in [6.07, 6.45) is 2.64. The Bertz CT molecular complexity index is 774. The molecule has 4 atom stereocenters. The molecule has 4 aliphatic rings. The van der Waals surface area contributed by atoms with Gasteiger partial charge in [-0.1, -0.05) is 28.1 Å². The van der Waals surface area contributed by atoms with E-state index >= 15 is 0 Å². The van der Waals surface area contributed by atoms with Gasteiger partial charge in [0.1, 0.15) is 0 Å². The van der Waals surface area contributed by atoms with Gasteiger partial charge in [0.2, 0.25) is 11.8 Å². The van der Waals surface area contributed by atoms with Crippen LogP contribution in [0.4, 0.5) is 5.69 Å². The van der Waals surface area contributed by atoms with E-state index < -0.39 is 29.8 Å². The topological polar surface area (TPSA) is 65.1 Å². The zero-order chi connectivity index (χ0) is 16.5. The van der Waals surface area contributed by atoms with Crippen molar-refractivity contribution in [3.63, 3.8) is 0 Å². The van der Waals surface area contributed by atoms with E-state index in [1.807, 2.05) is 18.2 Å². The molecule has 0 spiro atoms. The lowest BCUT2D eigenvalue weighted by Crippen LogP contribution is -2.49. The molecule has 5 rings (SSSR count). The van der Waals surface area contributed by atoms with E-state index in [-0.39, 0.29) is 11.8 Å². The van der Waals surface area contributed by atoms with E-state index in [1.54, 1.807) is 18.2 Å². The number of nitrogens with zero attached hydrogens (tertiary/aromatic N) is 1. The number of benzene rings is 1. The second kappa shape index (κ2) is 4.98. The van der Waals surface area contributed by atoms with E-state index in [4.69, 9.17) is 14.2 Å². The summed E-state index contributed by atoms with van der Waals surface area (Å²) in [6, 6.07) is 7.18. The summed E-state index contributed by atoms with van der Waals surface area (Å²) in [4.78, 5) is 27.3. The molecule has 3 fully saturated rings. The van der Waals surface area contributed by atoms with Crippen LogP contribution < -0.4 is 4.90 Å². The Morgan fingerprint density at radius 2 is 1.96 bits per heavy atom. The van der Waals surface area contributed by atoms with Crippen molar-refractivity contribution in [2.45, 2.75) is 18.0 Å². The number of amides is 2. The summed E-state index contributed by atoms with van der Waals surface area (Å²) in [5, 5.41) is 0. The maximum Gasteiger partial charge on any atom is 0.241 e. The summed E-state index contributed by atoms with van der Waals surface area (Å²) in [5.41, 5.74) is -0.434. The molecule has 0 aliphatic carbocycles. The van der Waals surface area contributed by atoms with Crippen LogP contribution in [0.5, 0.6) is 0 Å². The third kappa shape index (κ3) is 1.75. The molecule has 1 aromatic rings. The minimum atomic E-state index is -1.00. The Hall–Kier alpha value is -1.54. The van der Waals surface area contributed by atoms with Gasteiger partial charge >= 0.3 is 0 Å². The quantitative estimate of drug-likeness (QED) is 0.566. The number of halogens is 1. The van der Waals surface area contributed by atoms with Crippen LogP contribution in [-0.2, 0) is 23.8 Å². The van der Waals surface area contributed by atoms with Gasteiger partial charge in [-0.05, 0) is 24.3 Å². The maximum absolute atomic E-state index is 13.1. The van der Waals surface area contributed by atoms with Gasteiger partial charge in [-0.3, -0.25) is 9.59 Å². The largest absolute Gasteiger partial charge is 0.357 e. The van der Waals surface area contributed by atoms with E-state index in [9.17, 15) is 9.59 Å². The molecule has 124 valence electrons. The molecule has 0 unspecified atom stereocenters. The minimum Gasteiger partial charge on any atom is -0.357 e. The number of ether oxygens (including phenoxy) is 3. The average Bonchev–Trinajstić information content (AvgIpc) is 3.31. The Kier molecular flexibility index (Phi) is 3.07. The number of hydrogen-bond acceptors (Lipinski definition) is 5. The standard InChI is InChI=1S/C17H14BrNO5/c18-9-2-1-3-10(8-9)19-14(20)12-11-4-5-17(24-11,13(12)15(19)21)16-22-6-7-23-16/h1-5,8,11-13,16H,6-7H2/t11-,12-,13-,17-/m1/s1. The van der Waals surface area contributed by atoms with Crippen molar-refractivity contribution in [2.75, 3.05) is 18.1 Å². The number of fused-ring (bicyclic) bond motifs is 5. The third-order valence-electron chi connectivity index (χ3n) is 5.13. The first-order valence-electron chi connectivity index (χ1n) is 7.85. The first-order chi connectivity index (χ1) is 11.6. The summed E-state index contributed by atoms with van der Waals surface area (Å²) in [6.45, 7) is 0.923. The highest BCUT2D eigenvalue weighted by molar-refractivity contribution is 9.10. The lowest BCUT2D eigenvalue weighted by Gasteiger charge is -2.32. The monoisotopic (exact) mass is 391 g/mol. The predicted octanol–water partition coefficient (Wildman–Crippen LogP) is 1.63. The molecule has 0 saturated carbocycles. The highest BCUT2D eigenvalue weighted by atomic mass is 79.9. The molecule has 4 heterocycles. The molecular formula is C17H14BrNO5. The van der Waals surface area contributed by atoms with Crippen LogP contribution in [0.3, 0.4) is 0 Å². The van der Waals surface area contributed by atoms with Gasteiger partial charge in [-0.2, -0.15) is 0 Å². The van der Waals surface area contributed by atoms with Gasteiger partial charge in [-0.25, -0.2) is 4.90 Å². The van der Waals surface area contributed by atoms with Gasteiger partial charge < -0.3 is 14.2 Å². The molecule has 6 nitrogen and oxygen atoms in total. The highest BCUT2D eigenvalue weighted by Crippen LogP contribution is 2.55. The van der Waals surface area contributed by atoms with Crippen molar-refractivity contribution >= 4 is 33.4 Å². The fourth-order valence-corrected chi connectivity index (χ4v) is 4.58. The van der Waals surface area contributed by atoms with Gasteiger partial charge in [0.15, 0.2) is 11.9 Å². The van der Waals surface area contributed by atoms with E-state index in [2.05, 4.69) is 15.9 Å². The van der Waals surface area contributed by atoms with Crippen LogP contribution >= 0.6 is 15.9 Å². The first kappa shape index (κ1) is 14.8. The molecule has 3 saturated heterocycles. The second-order valence-electron chi connectivity index (χ2n) is 6.36. The summed E-state index contributed by atoms with van der Waals surface area (Å²) in [7, 11) is 0. The Balaban J connectivity index is 1.57. The van der Waals surface area contributed by atoms with Crippen molar-refractivity contribution in [1.82, 2.24) is 0 Å². The summed E-state index contributed by atoms with van der Waals surface area (Å²) in [5.74, 6) is -1.61. The molecule has 0 N–H and O–H groups in total. The van der Waals surface area contributed by atoms with Crippen molar-refractivity contribution in [3.05, 3.63) is 40.9 Å². The summed E-state index contributed by atoms with van der Waals surface area (Å²) < 4.78 is 18.1. The van der Waals surface area contributed by atoms with Crippen LogP contribution in [0, 0.1) is 11.8 Å². The third-order valence-corrected chi connectivity index (χ3v) is 5.63. The second-order valence-corrected chi connectivity index (χ2v) is 7.28. The minimum absolute atomic E-state index is 0.225. The number of rotatable bonds is 2. The molecule has 0 radical (unpaired) electrons. The number of carbonyl (C=O) groups excluding carboxylic acids is 2. The number of carbonyl (C=O) groups is 2. The molecule has 0 aromatic heterocycles.